The summed E-state index contributed by atoms with van der Waals surface area (Å²) in [6.07, 6.45) is -3.85. The fraction of sp³-hybridized carbons (Fsp3) is 0.158. The molecule has 32 heavy (non-hydrogen) atoms. The number of nitrogens with one attached hydrogen (secondary N) is 2. The number of alkyl halides is 2. The summed E-state index contributed by atoms with van der Waals surface area (Å²) in [5, 5.41) is 6.59. The number of ether oxygens (including phenoxy) is 2. The van der Waals surface area contributed by atoms with Crippen molar-refractivity contribution in [3.63, 3.8) is 0 Å². The van der Waals surface area contributed by atoms with Gasteiger partial charge in [-0.25, -0.2) is 22.6 Å². The molecule has 0 saturated heterocycles. The lowest BCUT2D eigenvalue weighted by atomic mass is 10.2. The lowest BCUT2D eigenvalue weighted by Crippen LogP contribution is -2.28. The molecule has 0 aliphatic carbocycles. The van der Waals surface area contributed by atoms with Crippen LogP contribution in [-0.4, -0.2) is 25.7 Å². The van der Waals surface area contributed by atoms with Crippen LogP contribution in [-0.2, 0) is 22.1 Å². The van der Waals surface area contributed by atoms with Crippen molar-refractivity contribution in [2.75, 3.05) is 5.32 Å². The zero-order chi connectivity index (χ0) is 22.9. The summed E-state index contributed by atoms with van der Waals surface area (Å²) in [5.74, 6) is -1.59. The smallest absolute Gasteiger partial charge is 0.395 e. The minimum atomic E-state index is -3.94. The summed E-state index contributed by atoms with van der Waals surface area (Å²) in [6, 6.07) is 8.30. The molecule has 3 aromatic rings. The summed E-state index contributed by atoms with van der Waals surface area (Å²) in [5.41, 5.74) is 0.714. The van der Waals surface area contributed by atoms with Gasteiger partial charge in [0.2, 0.25) is 0 Å². The Morgan fingerprint density at radius 2 is 1.91 bits per heavy atom. The minimum Gasteiger partial charge on any atom is -0.395 e. The fourth-order valence-electron chi connectivity index (χ4n) is 2.80. The molecule has 2 amide bonds. The number of halogens is 3. The van der Waals surface area contributed by atoms with Crippen LogP contribution in [0.2, 0.25) is 0 Å². The third-order valence-corrected chi connectivity index (χ3v) is 6.64. The summed E-state index contributed by atoms with van der Waals surface area (Å²) in [4.78, 5) is 15.8. The third-order valence-electron chi connectivity index (χ3n) is 4.18. The molecule has 1 aromatic heterocycles. The highest BCUT2D eigenvalue weighted by molar-refractivity contribution is 7.90. The second-order valence-corrected chi connectivity index (χ2v) is 9.46. The number of sulfone groups is 1. The number of nitrogens with zero attached hydrogens (tertiary/aromatic N) is 1. The van der Waals surface area contributed by atoms with E-state index in [1.165, 1.54) is 23.6 Å². The van der Waals surface area contributed by atoms with Gasteiger partial charge in [0.05, 0.1) is 16.3 Å². The highest BCUT2D eigenvalue weighted by Crippen LogP contribution is 2.42. The van der Waals surface area contributed by atoms with E-state index in [0.717, 1.165) is 29.5 Å². The zero-order valence-electron chi connectivity index (χ0n) is 16.0. The summed E-state index contributed by atoms with van der Waals surface area (Å²) in [7, 11) is -3.94. The van der Waals surface area contributed by atoms with Crippen LogP contribution in [0.5, 0.6) is 11.5 Å². The molecular formula is C19H14F3N3O5S2. The van der Waals surface area contributed by atoms with Gasteiger partial charge < -0.3 is 14.8 Å². The molecule has 0 fully saturated rings. The first-order chi connectivity index (χ1) is 15.1. The Hall–Kier alpha value is -3.32. The van der Waals surface area contributed by atoms with E-state index in [2.05, 4.69) is 25.1 Å². The van der Waals surface area contributed by atoms with Crippen LogP contribution in [0.25, 0.3) is 0 Å². The number of anilines is 1. The molecule has 1 aliphatic rings. The van der Waals surface area contributed by atoms with Gasteiger partial charge in [0, 0.05) is 18.0 Å². The van der Waals surface area contributed by atoms with Crippen LogP contribution >= 0.6 is 11.3 Å². The maximum absolute atomic E-state index is 13.2. The molecule has 0 radical (unpaired) electrons. The Balaban J connectivity index is 1.37. The van der Waals surface area contributed by atoms with E-state index in [1.807, 2.05) is 0 Å². The van der Waals surface area contributed by atoms with Crippen LogP contribution in [0.4, 0.5) is 23.1 Å². The van der Waals surface area contributed by atoms with Gasteiger partial charge in [0.1, 0.15) is 5.82 Å². The van der Waals surface area contributed by atoms with Crippen LogP contribution in [0, 0.1) is 5.82 Å². The number of benzene rings is 2. The van der Waals surface area contributed by atoms with Crippen molar-refractivity contribution >= 4 is 32.3 Å². The normalized spacial score (nSPS) is 14.2. The van der Waals surface area contributed by atoms with Crippen LogP contribution in [0.1, 0.15) is 11.3 Å². The molecular weight excluding hydrogens is 471 g/mol. The second-order valence-electron chi connectivity index (χ2n) is 6.62. The van der Waals surface area contributed by atoms with Crippen molar-refractivity contribution < 1.29 is 35.9 Å². The molecule has 4 rings (SSSR count). The number of hydrogen-bond acceptors (Lipinski definition) is 7. The van der Waals surface area contributed by atoms with Gasteiger partial charge in [-0.2, -0.15) is 0 Å². The van der Waals surface area contributed by atoms with E-state index < -0.39 is 33.7 Å². The second kappa shape index (κ2) is 8.31. The molecule has 13 heteroatoms. The number of thiazole rings is 1. The first-order valence-corrected chi connectivity index (χ1v) is 11.5. The van der Waals surface area contributed by atoms with Crippen molar-refractivity contribution in [2.45, 2.75) is 23.5 Å². The summed E-state index contributed by atoms with van der Waals surface area (Å²) < 4.78 is 73.2. The number of rotatable bonds is 6. The molecule has 0 saturated carbocycles. The van der Waals surface area contributed by atoms with E-state index in [4.69, 9.17) is 0 Å². The van der Waals surface area contributed by atoms with Crippen LogP contribution < -0.4 is 20.1 Å². The van der Waals surface area contributed by atoms with Crippen LogP contribution in [0.3, 0.4) is 0 Å². The Kier molecular flexibility index (Phi) is 5.69. The monoisotopic (exact) mass is 485 g/mol. The maximum Gasteiger partial charge on any atom is 0.586 e. The van der Waals surface area contributed by atoms with E-state index in [-0.39, 0.29) is 33.8 Å². The van der Waals surface area contributed by atoms with Gasteiger partial charge in [-0.15, -0.1) is 20.1 Å². The van der Waals surface area contributed by atoms with E-state index in [9.17, 15) is 26.4 Å². The number of carbonyl (C=O) groups excluding carboxylic acids is 1. The van der Waals surface area contributed by atoms with Gasteiger partial charge in [0.15, 0.2) is 26.5 Å². The molecule has 168 valence electrons. The molecule has 2 heterocycles. The lowest BCUT2D eigenvalue weighted by molar-refractivity contribution is -0.286. The number of aromatic nitrogens is 1. The Morgan fingerprint density at radius 3 is 2.69 bits per heavy atom. The zero-order valence-corrected chi connectivity index (χ0v) is 17.6. The Bertz CT molecular complexity index is 1280. The quantitative estimate of drug-likeness (QED) is 0.549. The summed E-state index contributed by atoms with van der Waals surface area (Å²) >= 11 is 1.01. The molecule has 0 spiro atoms. The Morgan fingerprint density at radius 1 is 1.12 bits per heavy atom. The number of fused-ring (bicyclic) bond motifs is 1. The highest BCUT2D eigenvalue weighted by atomic mass is 32.2. The molecule has 8 nitrogen and oxygen atoms in total. The molecule has 0 bridgehead atoms. The van der Waals surface area contributed by atoms with Gasteiger partial charge in [-0.1, -0.05) is 12.1 Å². The molecule has 1 aliphatic heterocycles. The lowest BCUT2D eigenvalue weighted by Gasteiger charge is -2.06. The first kappa shape index (κ1) is 21.9. The van der Waals surface area contributed by atoms with E-state index >= 15 is 0 Å². The first-order valence-electron chi connectivity index (χ1n) is 8.96. The van der Waals surface area contributed by atoms with E-state index in [0.29, 0.717) is 5.56 Å². The van der Waals surface area contributed by atoms with Gasteiger partial charge in [-0.3, -0.25) is 5.32 Å². The summed E-state index contributed by atoms with van der Waals surface area (Å²) in [6.45, 7) is 0.0827. The molecule has 2 N–H and O–H groups in total. The van der Waals surface area contributed by atoms with Crippen molar-refractivity contribution in [3.8, 4) is 11.5 Å². The minimum absolute atomic E-state index is 0.0827. The van der Waals surface area contributed by atoms with Crippen LogP contribution in [0.15, 0.2) is 52.7 Å². The van der Waals surface area contributed by atoms with E-state index in [1.54, 1.807) is 6.07 Å². The third kappa shape index (κ3) is 5.11. The van der Waals surface area contributed by atoms with Crippen molar-refractivity contribution in [1.82, 2.24) is 10.3 Å². The fourth-order valence-corrected chi connectivity index (χ4v) is 4.88. The average Bonchev–Trinajstić information content (AvgIpc) is 3.26. The number of hydrogen-bond donors (Lipinski definition) is 2. The molecule has 0 unspecified atom stereocenters. The van der Waals surface area contributed by atoms with Gasteiger partial charge in [-0.05, 0) is 29.8 Å². The van der Waals surface area contributed by atoms with Crippen molar-refractivity contribution in [1.29, 1.82) is 0 Å². The maximum atomic E-state index is 13.2. The predicted octanol–water partition coefficient (Wildman–Crippen LogP) is 3.90. The van der Waals surface area contributed by atoms with Crippen molar-refractivity contribution in [2.24, 2.45) is 0 Å². The average molecular weight is 485 g/mol. The molecule has 0 atom stereocenters. The van der Waals surface area contributed by atoms with Gasteiger partial charge >= 0.3 is 12.3 Å². The largest absolute Gasteiger partial charge is 0.586 e. The predicted molar refractivity (Wildman–Crippen MR) is 108 cm³/mol. The number of urea groups is 1. The number of carbonyl (C=O) groups is 1. The molecule has 2 aromatic carbocycles. The number of amides is 2. The SMILES string of the molecule is O=C(NCc1cccc(F)c1)Nc1nc(CS(=O)(=O)c2ccc3c(c2)OC(F)(F)O3)cs1. The van der Waals surface area contributed by atoms with Crippen molar-refractivity contribution in [3.05, 3.63) is 64.9 Å². The standard InChI is InChI=1S/C19H14F3N3O5S2/c20-12-3-1-2-11(6-12)8-23-17(26)25-18-24-13(9-31-18)10-32(27,28)14-4-5-15-16(7-14)30-19(21,22)29-15/h1-7,9H,8,10H2,(H2,23,24,25,26). The highest BCUT2D eigenvalue weighted by Gasteiger charge is 2.43. The Labute approximate surface area is 183 Å². The van der Waals surface area contributed by atoms with Gasteiger partial charge in [0.25, 0.3) is 0 Å². The topological polar surface area (TPSA) is 107 Å².